The van der Waals surface area contributed by atoms with Crippen LogP contribution >= 0.6 is 0 Å². The standard InChI is InChI=1S/C4H7NO.BH3O2/c1-3(2)4(5)6;2-1-3/h1H2,2H3,(H2,5,6);1-3H. The zero-order valence-electron chi connectivity index (χ0n) is 5.29. The van der Waals surface area contributed by atoms with Crippen molar-refractivity contribution in [3.8, 4) is 0 Å². The maximum atomic E-state index is 9.82. The third-order valence-electron chi connectivity index (χ3n) is 0.421. The third kappa shape index (κ3) is 19.0. The first-order valence-corrected chi connectivity index (χ1v) is 2.23. The molecule has 0 aromatic heterocycles. The van der Waals surface area contributed by atoms with E-state index in [1.165, 1.54) is 0 Å². The Bertz CT molecular complexity index is 92.0. The lowest BCUT2D eigenvalue weighted by Crippen LogP contribution is -2.10. The molecular weight excluding hydrogens is 121 g/mol. The summed E-state index contributed by atoms with van der Waals surface area (Å²) in [4.78, 5) is 9.82. The Morgan fingerprint density at radius 3 is 1.78 bits per heavy atom. The highest BCUT2D eigenvalue weighted by Gasteiger charge is 1.86. The van der Waals surface area contributed by atoms with Crippen LogP contribution in [0.5, 0.6) is 0 Å². The lowest BCUT2D eigenvalue weighted by atomic mass is 10.3. The molecule has 4 N–H and O–H groups in total. The van der Waals surface area contributed by atoms with Crippen LogP contribution in [0.15, 0.2) is 12.2 Å². The molecule has 9 heavy (non-hydrogen) atoms. The van der Waals surface area contributed by atoms with Gasteiger partial charge in [-0.3, -0.25) is 4.79 Å². The van der Waals surface area contributed by atoms with Crippen molar-refractivity contribution in [1.29, 1.82) is 0 Å². The van der Waals surface area contributed by atoms with Crippen molar-refractivity contribution >= 4 is 13.6 Å². The first kappa shape index (κ1) is 11.1. The monoisotopic (exact) mass is 131 g/mol. The Labute approximate surface area is 54.3 Å². The Hall–Kier alpha value is -0.805. The highest BCUT2D eigenvalue weighted by molar-refractivity contribution is 6.13. The van der Waals surface area contributed by atoms with Crippen molar-refractivity contribution in [1.82, 2.24) is 0 Å². The smallest absolute Gasteiger partial charge is 0.430 e. The fourth-order valence-corrected chi connectivity index (χ4v) is 0. The van der Waals surface area contributed by atoms with Gasteiger partial charge in [-0.1, -0.05) is 6.58 Å². The summed E-state index contributed by atoms with van der Waals surface area (Å²) in [5.74, 6) is -0.435. The Morgan fingerprint density at radius 1 is 1.67 bits per heavy atom. The van der Waals surface area contributed by atoms with Crippen molar-refractivity contribution in [3.63, 3.8) is 0 Å². The molecule has 4 nitrogen and oxygen atoms in total. The van der Waals surface area contributed by atoms with Crippen molar-refractivity contribution in [2.75, 3.05) is 0 Å². The molecule has 0 radical (unpaired) electrons. The average molecular weight is 131 g/mol. The number of carbonyl (C=O) groups is 1. The van der Waals surface area contributed by atoms with Crippen LogP contribution < -0.4 is 5.73 Å². The summed E-state index contributed by atoms with van der Waals surface area (Å²) in [6.07, 6.45) is 0. The van der Waals surface area contributed by atoms with E-state index in [4.69, 9.17) is 15.8 Å². The van der Waals surface area contributed by atoms with Crippen LogP contribution in [0.1, 0.15) is 6.92 Å². The van der Waals surface area contributed by atoms with E-state index in [1.54, 1.807) is 6.92 Å². The molecule has 0 bridgehead atoms. The van der Waals surface area contributed by atoms with Gasteiger partial charge >= 0.3 is 7.69 Å². The van der Waals surface area contributed by atoms with Crippen LogP contribution in [0.4, 0.5) is 0 Å². The molecule has 0 atom stereocenters. The number of primary amides is 1. The summed E-state index contributed by atoms with van der Waals surface area (Å²) in [6, 6.07) is 0. The molecule has 0 aliphatic carbocycles. The van der Waals surface area contributed by atoms with Crippen molar-refractivity contribution < 1.29 is 14.8 Å². The molecule has 0 fully saturated rings. The quantitative estimate of drug-likeness (QED) is 0.292. The first-order valence-electron chi connectivity index (χ1n) is 2.23. The van der Waals surface area contributed by atoms with Gasteiger partial charge in [-0.05, 0) is 6.92 Å². The summed E-state index contributed by atoms with van der Waals surface area (Å²) in [5.41, 5.74) is 5.09. The fraction of sp³-hybridized carbons (Fsp3) is 0.250. The highest BCUT2D eigenvalue weighted by atomic mass is 16.4. The van der Waals surface area contributed by atoms with Crippen LogP contribution in [0.2, 0.25) is 0 Å². The van der Waals surface area contributed by atoms with Crippen LogP contribution in [0.25, 0.3) is 0 Å². The zero-order chi connectivity index (χ0) is 7.86. The molecule has 1 amide bonds. The predicted molar refractivity (Wildman–Crippen MR) is 35.6 cm³/mol. The molecular formula is C4H10BNO3. The van der Waals surface area contributed by atoms with Crippen molar-refractivity contribution in [2.45, 2.75) is 6.92 Å². The first-order chi connectivity index (χ1) is 4.06. The van der Waals surface area contributed by atoms with Crippen molar-refractivity contribution in [2.24, 2.45) is 5.73 Å². The largest absolute Gasteiger partial charge is 0.432 e. The summed E-state index contributed by atoms with van der Waals surface area (Å²) < 4.78 is 0. The van der Waals surface area contributed by atoms with E-state index in [1.807, 2.05) is 0 Å². The highest BCUT2D eigenvalue weighted by Crippen LogP contribution is 1.78. The van der Waals surface area contributed by atoms with Gasteiger partial charge in [-0.15, -0.1) is 0 Å². The fourth-order valence-electron chi connectivity index (χ4n) is 0. The molecule has 0 saturated carbocycles. The molecule has 0 saturated heterocycles. The molecule has 0 aromatic rings. The number of amides is 1. The maximum absolute atomic E-state index is 9.82. The number of hydrogen-bond donors (Lipinski definition) is 3. The molecule has 0 aliphatic rings. The van der Waals surface area contributed by atoms with Crippen LogP contribution in [-0.4, -0.2) is 23.6 Å². The van der Waals surface area contributed by atoms with E-state index in [9.17, 15) is 4.79 Å². The Balaban J connectivity index is 0. The molecule has 0 heterocycles. The van der Waals surface area contributed by atoms with E-state index in [2.05, 4.69) is 6.58 Å². The van der Waals surface area contributed by atoms with E-state index in [0.717, 1.165) is 0 Å². The van der Waals surface area contributed by atoms with E-state index >= 15 is 0 Å². The second-order valence-corrected chi connectivity index (χ2v) is 1.29. The van der Waals surface area contributed by atoms with Crippen LogP contribution in [0.3, 0.4) is 0 Å². The minimum atomic E-state index is -0.750. The Kier molecular flexibility index (Phi) is 8.84. The molecule has 5 heteroatoms. The minimum Gasteiger partial charge on any atom is -0.430 e. The predicted octanol–water partition coefficient (Wildman–Crippen LogP) is -1.71. The maximum Gasteiger partial charge on any atom is 0.432 e. The van der Waals surface area contributed by atoms with Crippen molar-refractivity contribution in [3.05, 3.63) is 12.2 Å². The van der Waals surface area contributed by atoms with Gasteiger partial charge in [0.25, 0.3) is 0 Å². The van der Waals surface area contributed by atoms with Crippen LogP contribution in [0, 0.1) is 0 Å². The minimum absolute atomic E-state index is 0.398. The summed E-state index contributed by atoms with van der Waals surface area (Å²) in [6.45, 7) is 4.85. The summed E-state index contributed by atoms with van der Waals surface area (Å²) in [7, 11) is -0.750. The average Bonchev–Trinajstić information content (AvgIpc) is 1.68. The normalized spacial score (nSPS) is 6.56. The van der Waals surface area contributed by atoms with E-state index in [-0.39, 0.29) is 0 Å². The molecule has 0 aliphatic heterocycles. The van der Waals surface area contributed by atoms with Gasteiger partial charge in [-0.2, -0.15) is 0 Å². The number of hydrogen-bond acceptors (Lipinski definition) is 3. The zero-order valence-corrected chi connectivity index (χ0v) is 5.29. The molecule has 0 unspecified atom stereocenters. The van der Waals surface area contributed by atoms with Gasteiger partial charge in [0.15, 0.2) is 0 Å². The van der Waals surface area contributed by atoms with Gasteiger partial charge < -0.3 is 15.8 Å². The van der Waals surface area contributed by atoms with Gasteiger partial charge in [0.1, 0.15) is 0 Å². The lowest BCUT2D eigenvalue weighted by Gasteiger charge is -1.81. The number of rotatable bonds is 1. The van der Waals surface area contributed by atoms with Gasteiger partial charge in [0.2, 0.25) is 5.91 Å². The Morgan fingerprint density at radius 2 is 1.78 bits per heavy atom. The van der Waals surface area contributed by atoms with Gasteiger partial charge in [-0.25, -0.2) is 0 Å². The van der Waals surface area contributed by atoms with Crippen LogP contribution in [-0.2, 0) is 4.79 Å². The second-order valence-electron chi connectivity index (χ2n) is 1.29. The summed E-state index contributed by atoms with van der Waals surface area (Å²) in [5, 5.41) is 14.2. The summed E-state index contributed by atoms with van der Waals surface area (Å²) >= 11 is 0. The molecule has 0 rings (SSSR count). The van der Waals surface area contributed by atoms with E-state index in [0.29, 0.717) is 5.57 Å². The molecule has 0 aromatic carbocycles. The number of nitrogens with two attached hydrogens (primary N) is 1. The van der Waals surface area contributed by atoms with Gasteiger partial charge in [0.05, 0.1) is 0 Å². The van der Waals surface area contributed by atoms with Gasteiger partial charge in [0, 0.05) is 5.57 Å². The number of carbonyl (C=O) groups excluding carboxylic acids is 1. The molecule has 52 valence electrons. The third-order valence-corrected chi connectivity index (χ3v) is 0.421. The topological polar surface area (TPSA) is 83.6 Å². The SMILES string of the molecule is C=C(C)C(N)=O.OBO. The molecule has 0 spiro atoms. The second kappa shape index (κ2) is 7.19. The van der Waals surface area contributed by atoms with E-state index < -0.39 is 13.6 Å². The lowest BCUT2D eigenvalue weighted by molar-refractivity contribution is -0.114.